The molecule has 0 heterocycles. The molecule has 0 unspecified atom stereocenters. The maximum absolute atomic E-state index is 12.8. The number of hydrogen-bond acceptors (Lipinski definition) is 5. The molecule has 1 aromatic carbocycles. The van der Waals surface area contributed by atoms with Crippen molar-refractivity contribution in [3.05, 3.63) is 24.0 Å². The van der Waals surface area contributed by atoms with Gasteiger partial charge in [-0.2, -0.15) is 0 Å². The minimum absolute atomic E-state index is 0.0408. The average Bonchev–Trinajstić information content (AvgIpc) is 2.28. The summed E-state index contributed by atoms with van der Waals surface area (Å²) in [5.74, 6) is -0.599. The number of aliphatic hydroxyl groups excluding tert-OH is 1. The van der Waals surface area contributed by atoms with Crippen molar-refractivity contribution < 1.29 is 22.7 Å². The van der Waals surface area contributed by atoms with Crippen LogP contribution in [0.15, 0.2) is 23.1 Å². The Labute approximate surface area is 105 Å². The third-order valence-electron chi connectivity index (χ3n) is 2.04. The zero-order valence-corrected chi connectivity index (χ0v) is 10.4. The Morgan fingerprint density at radius 2 is 2.11 bits per heavy atom. The summed E-state index contributed by atoms with van der Waals surface area (Å²) in [6.07, 6.45) is 0. The van der Waals surface area contributed by atoms with Crippen molar-refractivity contribution in [2.24, 2.45) is 0 Å². The van der Waals surface area contributed by atoms with Crippen LogP contribution in [-0.2, 0) is 14.8 Å². The number of aliphatic hydroxyl groups is 1. The first-order valence-electron chi connectivity index (χ1n) is 5.20. The van der Waals surface area contributed by atoms with Crippen molar-refractivity contribution >= 4 is 15.7 Å². The third-order valence-corrected chi connectivity index (χ3v) is 3.57. The van der Waals surface area contributed by atoms with Crippen molar-refractivity contribution in [1.82, 2.24) is 4.72 Å². The van der Waals surface area contributed by atoms with Crippen LogP contribution in [0.3, 0.4) is 0 Å². The highest BCUT2D eigenvalue weighted by atomic mass is 32.2. The van der Waals surface area contributed by atoms with Gasteiger partial charge >= 0.3 is 0 Å². The fraction of sp³-hybridized carbons (Fsp3) is 0.400. The molecule has 0 bridgehead atoms. The van der Waals surface area contributed by atoms with E-state index in [-0.39, 0.29) is 36.9 Å². The Kier molecular flexibility index (Phi) is 5.48. The lowest BCUT2D eigenvalue weighted by atomic mass is 10.3. The molecular weight excluding hydrogens is 263 g/mol. The summed E-state index contributed by atoms with van der Waals surface area (Å²) >= 11 is 0. The molecule has 0 saturated heterocycles. The summed E-state index contributed by atoms with van der Waals surface area (Å²) in [7, 11) is -3.78. The van der Waals surface area contributed by atoms with E-state index in [0.29, 0.717) is 0 Å². The highest BCUT2D eigenvalue weighted by Crippen LogP contribution is 2.18. The number of hydrogen-bond donors (Lipinski definition) is 3. The zero-order chi connectivity index (χ0) is 13.6. The fourth-order valence-electron chi connectivity index (χ4n) is 1.26. The lowest BCUT2D eigenvalue weighted by Gasteiger charge is -2.09. The Bertz CT molecular complexity index is 493. The minimum Gasteiger partial charge on any atom is -0.398 e. The fourth-order valence-corrected chi connectivity index (χ4v) is 2.38. The minimum atomic E-state index is -3.78. The Balaban J connectivity index is 2.63. The molecule has 18 heavy (non-hydrogen) atoms. The largest absolute Gasteiger partial charge is 0.398 e. The van der Waals surface area contributed by atoms with E-state index in [1.807, 2.05) is 0 Å². The zero-order valence-electron chi connectivity index (χ0n) is 9.60. The molecule has 102 valence electrons. The predicted octanol–water partition coefficient (Wildman–Crippen LogP) is -0.305. The van der Waals surface area contributed by atoms with Gasteiger partial charge in [-0.25, -0.2) is 17.5 Å². The van der Waals surface area contributed by atoms with Gasteiger partial charge in [0.25, 0.3) is 0 Å². The second kappa shape index (κ2) is 6.64. The molecule has 1 rings (SSSR count). The van der Waals surface area contributed by atoms with Crippen LogP contribution in [0, 0.1) is 5.82 Å². The van der Waals surface area contributed by atoms with Gasteiger partial charge in [0.1, 0.15) is 10.7 Å². The monoisotopic (exact) mass is 278 g/mol. The normalized spacial score (nSPS) is 11.7. The van der Waals surface area contributed by atoms with Gasteiger partial charge in [0.05, 0.1) is 25.5 Å². The second-order valence-electron chi connectivity index (χ2n) is 3.42. The number of nitrogen functional groups attached to an aromatic ring is 1. The van der Waals surface area contributed by atoms with Crippen LogP contribution in [0.25, 0.3) is 0 Å². The number of nitrogens with one attached hydrogen (secondary N) is 1. The number of ether oxygens (including phenoxy) is 1. The van der Waals surface area contributed by atoms with Crippen LogP contribution in [0.5, 0.6) is 0 Å². The number of halogens is 1. The summed E-state index contributed by atoms with van der Waals surface area (Å²) < 4.78 is 43.5. The van der Waals surface area contributed by atoms with E-state index in [4.69, 9.17) is 15.6 Å². The van der Waals surface area contributed by atoms with Crippen LogP contribution in [0.4, 0.5) is 10.1 Å². The average molecular weight is 278 g/mol. The van der Waals surface area contributed by atoms with Gasteiger partial charge in [0, 0.05) is 6.54 Å². The summed E-state index contributed by atoms with van der Waals surface area (Å²) in [6, 6.07) is 3.06. The highest BCUT2D eigenvalue weighted by Gasteiger charge is 2.16. The first-order chi connectivity index (χ1) is 8.47. The molecule has 0 saturated carbocycles. The Morgan fingerprint density at radius 1 is 1.39 bits per heavy atom. The number of rotatable bonds is 7. The third kappa shape index (κ3) is 4.22. The van der Waals surface area contributed by atoms with Crippen molar-refractivity contribution in [2.75, 3.05) is 32.1 Å². The van der Waals surface area contributed by atoms with E-state index >= 15 is 0 Å². The number of anilines is 1. The van der Waals surface area contributed by atoms with E-state index in [2.05, 4.69) is 4.72 Å². The molecule has 0 radical (unpaired) electrons. The maximum Gasteiger partial charge on any atom is 0.242 e. The molecular formula is C10H15FN2O4S. The highest BCUT2D eigenvalue weighted by molar-refractivity contribution is 7.89. The molecule has 8 heteroatoms. The lowest BCUT2D eigenvalue weighted by Crippen LogP contribution is -2.28. The van der Waals surface area contributed by atoms with Gasteiger partial charge < -0.3 is 15.6 Å². The first-order valence-corrected chi connectivity index (χ1v) is 6.69. The van der Waals surface area contributed by atoms with E-state index in [1.54, 1.807) is 0 Å². The maximum atomic E-state index is 12.8. The summed E-state index contributed by atoms with van der Waals surface area (Å²) in [6.45, 7) is 0.179. The first kappa shape index (κ1) is 14.8. The standard InChI is InChI=1S/C10H15FN2O4S/c11-8-1-2-10(9(12)7-8)18(15,16)13-3-5-17-6-4-14/h1-2,7,13-14H,3-6,12H2. The summed E-state index contributed by atoms with van der Waals surface area (Å²) in [5, 5.41) is 8.45. The Morgan fingerprint density at radius 3 is 2.72 bits per heavy atom. The molecule has 0 aliphatic rings. The van der Waals surface area contributed by atoms with E-state index in [0.717, 1.165) is 18.2 Å². The van der Waals surface area contributed by atoms with Crippen molar-refractivity contribution in [3.8, 4) is 0 Å². The topological polar surface area (TPSA) is 102 Å². The van der Waals surface area contributed by atoms with Gasteiger partial charge in [-0.3, -0.25) is 0 Å². The van der Waals surface area contributed by atoms with Gasteiger partial charge in [0.2, 0.25) is 10.0 Å². The predicted molar refractivity (Wildman–Crippen MR) is 63.9 cm³/mol. The van der Waals surface area contributed by atoms with E-state index < -0.39 is 15.8 Å². The molecule has 0 fully saturated rings. The molecule has 0 aliphatic heterocycles. The molecule has 4 N–H and O–H groups in total. The molecule has 0 aliphatic carbocycles. The van der Waals surface area contributed by atoms with Crippen LogP contribution in [0.1, 0.15) is 0 Å². The van der Waals surface area contributed by atoms with E-state index in [1.165, 1.54) is 0 Å². The van der Waals surface area contributed by atoms with E-state index in [9.17, 15) is 12.8 Å². The summed E-state index contributed by atoms with van der Waals surface area (Å²) in [5.41, 5.74) is 5.28. The van der Waals surface area contributed by atoms with Gasteiger partial charge in [-0.1, -0.05) is 0 Å². The molecule has 0 amide bonds. The van der Waals surface area contributed by atoms with Crippen molar-refractivity contribution in [3.63, 3.8) is 0 Å². The summed E-state index contributed by atoms with van der Waals surface area (Å²) in [4.78, 5) is -0.175. The molecule has 0 atom stereocenters. The molecule has 0 spiro atoms. The quantitative estimate of drug-likeness (QED) is 0.469. The van der Waals surface area contributed by atoms with Crippen LogP contribution in [-0.4, -0.2) is 39.9 Å². The van der Waals surface area contributed by atoms with Gasteiger partial charge in [-0.15, -0.1) is 0 Å². The smallest absolute Gasteiger partial charge is 0.242 e. The Hall–Kier alpha value is -1.22. The van der Waals surface area contributed by atoms with Gasteiger partial charge in [0.15, 0.2) is 0 Å². The lowest BCUT2D eigenvalue weighted by molar-refractivity contribution is 0.0961. The molecule has 1 aromatic rings. The number of nitrogens with two attached hydrogens (primary N) is 1. The van der Waals surface area contributed by atoms with Crippen molar-refractivity contribution in [1.29, 1.82) is 0 Å². The number of benzene rings is 1. The van der Waals surface area contributed by atoms with Crippen LogP contribution < -0.4 is 10.5 Å². The van der Waals surface area contributed by atoms with Crippen LogP contribution >= 0.6 is 0 Å². The SMILES string of the molecule is Nc1cc(F)ccc1S(=O)(=O)NCCOCCO. The molecule has 0 aromatic heterocycles. The van der Waals surface area contributed by atoms with Gasteiger partial charge in [-0.05, 0) is 18.2 Å². The second-order valence-corrected chi connectivity index (χ2v) is 5.15. The van der Waals surface area contributed by atoms with Crippen LogP contribution in [0.2, 0.25) is 0 Å². The van der Waals surface area contributed by atoms with Crippen molar-refractivity contribution in [2.45, 2.75) is 4.90 Å². The molecule has 6 nitrogen and oxygen atoms in total. The number of sulfonamides is 1.